The van der Waals surface area contributed by atoms with Gasteiger partial charge in [-0.15, -0.1) is 0 Å². The van der Waals surface area contributed by atoms with Crippen molar-refractivity contribution in [1.82, 2.24) is 4.98 Å². The van der Waals surface area contributed by atoms with Crippen LogP contribution in [0, 0.1) is 12.8 Å². The monoisotopic (exact) mass is 358 g/mol. The van der Waals surface area contributed by atoms with E-state index in [-0.39, 0.29) is 5.92 Å². The number of hydrogen-bond acceptors (Lipinski definition) is 1. The van der Waals surface area contributed by atoms with E-state index < -0.39 is 19.2 Å². The van der Waals surface area contributed by atoms with E-state index in [0.29, 0.717) is 0 Å². The van der Waals surface area contributed by atoms with Gasteiger partial charge in [0.2, 0.25) is 0 Å². The van der Waals surface area contributed by atoms with Crippen LogP contribution in [0.1, 0.15) is 39.2 Å². The fourth-order valence-electron chi connectivity index (χ4n) is 2.65. The first-order valence-corrected chi connectivity index (χ1v) is 15.5. The third-order valence-electron chi connectivity index (χ3n) is 4.32. The molecule has 0 radical (unpaired) electrons. The Morgan fingerprint density at radius 2 is 1.77 bits per heavy atom. The zero-order valence-corrected chi connectivity index (χ0v) is 17.1. The molecule has 0 saturated heterocycles. The molecule has 0 aliphatic carbocycles. The third-order valence-corrected chi connectivity index (χ3v) is 8.54. The van der Waals surface area contributed by atoms with Gasteiger partial charge in [-0.3, -0.25) is 0 Å². The quantitative estimate of drug-likeness (QED) is 0.672. The van der Waals surface area contributed by atoms with Gasteiger partial charge in [-0.05, 0) is 0 Å². The molecular weight excluding hydrogens is 327 g/mol. The molecule has 1 aromatic heterocycles. The number of aryl methyl sites for hydroxylation is 1. The molecule has 1 heterocycles. The minimum atomic E-state index is -2.09. The summed E-state index contributed by atoms with van der Waals surface area (Å²) in [7, 11) is 0. The topological polar surface area (TPSA) is 12.9 Å². The summed E-state index contributed by atoms with van der Waals surface area (Å²) >= 11 is -2.09. The summed E-state index contributed by atoms with van der Waals surface area (Å²) in [6, 6.07) is 10.6. The molecule has 1 nitrogen and oxygen atoms in total. The number of hydrogen-bond donors (Lipinski definition) is 0. The molecule has 1 unspecified atom stereocenters. The van der Waals surface area contributed by atoms with Gasteiger partial charge in [0.1, 0.15) is 0 Å². The van der Waals surface area contributed by atoms with Crippen LogP contribution in [-0.4, -0.2) is 18.3 Å². The first-order valence-electron chi connectivity index (χ1n) is 8.61. The molecule has 118 valence electrons. The molecule has 0 spiro atoms. The number of benzene rings is 1. The number of rotatable bonds is 4. The van der Waals surface area contributed by atoms with E-state index in [2.05, 4.69) is 74.6 Å². The SMILES string of the molecule is [2H]C(C)(c1cc(-c2cccc(C)c2)nc[c]1[Ge]([CH3])([CH3])[CH3])C(C)C. The molecule has 1 atom stereocenters. The Balaban J connectivity index is 2.68. The normalized spacial score (nSPS) is 15.5. The first kappa shape index (κ1) is 15.8. The molecule has 0 bridgehead atoms. The summed E-state index contributed by atoms with van der Waals surface area (Å²) < 4.78 is 10.3. The number of nitrogens with zero attached hydrogens (tertiary/aromatic N) is 1. The van der Waals surface area contributed by atoms with Crippen molar-refractivity contribution in [2.24, 2.45) is 5.92 Å². The molecule has 0 aliphatic rings. The first-order chi connectivity index (χ1) is 10.5. The minimum absolute atomic E-state index is 0.263. The summed E-state index contributed by atoms with van der Waals surface area (Å²) in [5.74, 6) is 6.81. The van der Waals surface area contributed by atoms with Gasteiger partial charge < -0.3 is 0 Å². The van der Waals surface area contributed by atoms with Crippen LogP contribution in [0.3, 0.4) is 0 Å². The van der Waals surface area contributed by atoms with Gasteiger partial charge >= 0.3 is 140 Å². The molecule has 2 heteroatoms. The van der Waals surface area contributed by atoms with E-state index >= 15 is 0 Å². The Morgan fingerprint density at radius 3 is 2.32 bits per heavy atom. The second kappa shape index (κ2) is 6.58. The van der Waals surface area contributed by atoms with E-state index in [1.807, 2.05) is 6.92 Å². The van der Waals surface area contributed by atoms with Gasteiger partial charge in [0.05, 0.1) is 0 Å². The van der Waals surface area contributed by atoms with Crippen molar-refractivity contribution in [3.8, 4) is 11.3 Å². The Labute approximate surface area is 140 Å². The molecule has 2 rings (SSSR count). The summed E-state index contributed by atoms with van der Waals surface area (Å²) in [5.41, 5.74) is 4.53. The van der Waals surface area contributed by atoms with Crippen molar-refractivity contribution >= 4 is 17.7 Å². The summed E-state index contributed by atoms with van der Waals surface area (Å²) in [6.07, 6.45) is 2.06. The van der Waals surface area contributed by atoms with E-state index in [0.717, 1.165) is 11.3 Å². The zero-order valence-electron chi connectivity index (χ0n) is 16.0. The van der Waals surface area contributed by atoms with Crippen LogP contribution >= 0.6 is 0 Å². The fourth-order valence-corrected chi connectivity index (χ4v) is 5.86. The van der Waals surface area contributed by atoms with E-state index in [1.165, 1.54) is 15.5 Å². The van der Waals surface area contributed by atoms with Gasteiger partial charge in [-0.2, -0.15) is 0 Å². The number of aromatic nitrogens is 1. The van der Waals surface area contributed by atoms with Crippen molar-refractivity contribution in [2.75, 3.05) is 0 Å². The van der Waals surface area contributed by atoms with Crippen LogP contribution < -0.4 is 4.40 Å². The maximum atomic E-state index is 8.95. The maximum absolute atomic E-state index is 8.95. The molecule has 22 heavy (non-hydrogen) atoms. The van der Waals surface area contributed by atoms with Crippen LogP contribution in [0.15, 0.2) is 36.5 Å². The second-order valence-corrected chi connectivity index (χ2v) is 18.1. The number of pyridine rings is 1. The Kier molecular flexibility index (Phi) is 4.72. The summed E-state index contributed by atoms with van der Waals surface area (Å²) in [4.78, 5) is 4.75. The Hall–Kier alpha value is -1.09. The van der Waals surface area contributed by atoms with Crippen LogP contribution in [0.2, 0.25) is 17.3 Å². The molecule has 0 fully saturated rings. The van der Waals surface area contributed by atoms with Gasteiger partial charge in [-0.25, -0.2) is 0 Å². The van der Waals surface area contributed by atoms with Crippen LogP contribution in [0.25, 0.3) is 11.3 Å². The third kappa shape index (κ3) is 3.81. The van der Waals surface area contributed by atoms with Crippen molar-refractivity contribution < 1.29 is 1.37 Å². The van der Waals surface area contributed by atoms with E-state index in [1.54, 1.807) is 0 Å². The Bertz CT molecular complexity index is 699. The summed E-state index contributed by atoms with van der Waals surface area (Å²) in [5, 5.41) is 0. The van der Waals surface area contributed by atoms with E-state index in [4.69, 9.17) is 6.35 Å². The zero-order chi connectivity index (χ0) is 17.4. The van der Waals surface area contributed by atoms with Crippen LogP contribution in [0.4, 0.5) is 0 Å². The molecule has 1 aromatic carbocycles. The molecule has 0 saturated carbocycles. The van der Waals surface area contributed by atoms with Gasteiger partial charge in [0, 0.05) is 0 Å². The standard InChI is InChI=1S/C20H29GeN/c1-14(2)16(4)18-12-20(17-10-8-9-15(3)11-17)22-13-19(18)21(5,6)7/h8-14,16H,1-7H3/i16D. The molecule has 2 aromatic rings. The van der Waals surface area contributed by atoms with Gasteiger partial charge in [0.15, 0.2) is 0 Å². The van der Waals surface area contributed by atoms with Gasteiger partial charge in [-0.1, -0.05) is 0 Å². The van der Waals surface area contributed by atoms with Crippen LogP contribution in [-0.2, 0) is 0 Å². The molecule has 0 aliphatic heterocycles. The molecular formula is C20H29GeN. The average Bonchev–Trinajstić information content (AvgIpc) is 2.45. The van der Waals surface area contributed by atoms with Crippen molar-refractivity contribution in [1.29, 1.82) is 0 Å². The second-order valence-electron chi connectivity index (χ2n) is 7.57. The molecule has 0 N–H and O–H groups in total. The predicted molar refractivity (Wildman–Crippen MR) is 101 cm³/mol. The van der Waals surface area contributed by atoms with Crippen LogP contribution in [0.5, 0.6) is 0 Å². The fraction of sp³-hybridized carbons (Fsp3) is 0.450. The van der Waals surface area contributed by atoms with Gasteiger partial charge in [0.25, 0.3) is 0 Å². The van der Waals surface area contributed by atoms with Crippen molar-refractivity contribution in [3.63, 3.8) is 0 Å². The van der Waals surface area contributed by atoms with Crippen molar-refractivity contribution in [2.45, 2.75) is 50.9 Å². The molecule has 0 amide bonds. The predicted octanol–water partition coefficient (Wildman–Crippen LogP) is 5.36. The Morgan fingerprint density at radius 1 is 1.09 bits per heavy atom. The average molecular weight is 357 g/mol. The van der Waals surface area contributed by atoms with E-state index in [9.17, 15) is 0 Å². The van der Waals surface area contributed by atoms with Crippen molar-refractivity contribution in [3.05, 3.63) is 47.7 Å². The summed E-state index contributed by atoms with van der Waals surface area (Å²) in [6.45, 7) is 8.43.